The molecule has 0 spiro atoms. The lowest BCUT2D eigenvalue weighted by Crippen LogP contribution is -2.17. The van der Waals surface area contributed by atoms with E-state index >= 15 is 0 Å². The minimum absolute atomic E-state index is 0.100. The van der Waals surface area contributed by atoms with E-state index in [1.807, 2.05) is 6.07 Å². The summed E-state index contributed by atoms with van der Waals surface area (Å²) in [5.74, 6) is -0.682. The zero-order valence-corrected chi connectivity index (χ0v) is 19.0. The Morgan fingerprint density at radius 3 is 2.47 bits per heavy atom. The summed E-state index contributed by atoms with van der Waals surface area (Å²) in [7, 11) is 0. The number of carbonyl (C=O) groups is 2. The van der Waals surface area contributed by atoms with Crippen molar-refractivity contribution >= 4 is 29.4 Å². The molecule has 0 aliphatic heterocycles. The fraction of sp³-hybridized carbons (Fsp3) is 0.120. The van der Waals surface area contributed by atoms with Gasteiger partial charge in [-0.3, -0.25) is 10.3 Å². The summed E-state index contributed by atoms with van der Waals surface area (Å²) in [5.41, 5.74) is 3.77. The van der Waals surface area contributed by atoms with Gasteiger partial charge in [-0.15, -0.1) is 0 Å². The van der Waals surface area contributed by atoms with E-state index in [-0.39, 0.29) is 5.56 Å². The molecular formula is C25H20ClN3O5. The van der Waals surface area contributed by atoms with Gasteiger partial charge in [0, 0.05) is 34.1 Å². The van der Waals surface area contributed by atoms with Crippen molar-refractivity contribution in [1.82, 2.24) is 10.1 Å². The molecule has 0 aliphatic rings. The van der Waals surface area contributed by atoms with Gasteiger partial charge < -0.3 is 14.4 Å². The van der Waals surface area contributed by atoms with E-state index in [0.29, 0.717) is 38.9 Å². The van der Waals surface area contributed by atoms with Crippen LogP contribution in [0.3, 0.4) is 0 Å². The number of carbonyl (C=O) groups excluding carboxylic acids is 1. The van der Waals surface area contributed by atoms with Crippen LogP contribution in [-0.2, 0) is 4.74 Å². The zero-order valence-electron chi connectivity index (χ0n) is 18.3. The highest BCUT2D eigenvalue weighted by Gasteiger charge is 2.20. The summed E-state index contributed by atoms with van der Waals surface area (Å²) in [6.07, 6.45) is 1.64. The van der Waals surface area contributed by atoms with Gasteiger partial charge in [0.25, 0.3) is 0 Å². The van der Waals surface area contributed by atoms with Crippen LogP contribution in [0, 0.1) is 6.92 Å². The SMILES string of the molecule is Cc1noc(-c2ccc(-c3cncc(C(=O)O)c3)cc2)c1NC(=O)OC(C)c1ccccc1Cl. The molecule has 2 heterocycles. The number of aromatic nitrogens is 2. The van der Waals surface area contributed by atoms with Gasteiger partial charge >= 0.3 is 12.1 Å². The Morgan fingerprint density at radius 1 is 1.06 bits per heavy atom. The van der Waals surface area contributed by atoms with Gasteiger partial charge in [0.1, 0.15) is 17.5 Å². The number of halogens is 1. The van der Waals surface area contributed by atoms with E-state index in [4.69, 9.17) is 20.9 Å². The first-order chi connectivity index (χ1) is 16.3. The first kappa shape index (κ1) is 23.0. The van der Waals surface area contributed by atoms with E-state index in [0.717, 1.165) is 5.56 Å². The van der Waals surface area contributed by atoms with Crippen LogP contribution >= 0.6 is 11.6 Å². The molecule has 0 bridgehead atoms. The van der Waals surface area contributed by atoms with Crippen LogP contribution in [0.15, 0.2) is 71.5 Å². The number of aryl methyl sites for hydroxylation is 1. The molecule has 1 unspecified atom stereocenters. The Morgan fingerprint density at radius 2 is 1.76 bits per heavy atom. The van der Waals surface area contributed by atoms with Crippen LogP contribution in [0.25, 0.3) is 22.5 Å². The zero-order chi connectivity index (χ0) is 24.2. The molecule has 1 atom stereocenters. The summed E-state index contributed by atoms with van der Waals surface area (Å²) in [6.45, 7) is 3.44. The third-order valence-electron chi connectivity index (χ3n) is 5.18. The van der Waals surface area contributed by atoms with Gasteiger partial charge in [-0.1, -0.05) is 59.2 Å². The number of carboxylic acid groups (broad SMARTS) is 1. The summed E-state index contributed by atoms with van der Waals surface area (Å²) >= 11 is 6.19. The third kappa shape index (κ3) is 4.92. The normalized spacial score (nSPS) is 11.6. The van der Waals surface area contributed by atoms with Crippen molar-refractivity contribution in [3.63, 3.8) is 0 Å². The lowest BCUT2D eigenvalue weighted by Gasteiger charge is -2.15. The van der Waals surface area contributed by atoms with E-state index in [2.05, 4.69) is 15.5 Å². The topological polar surface area (TPSA) is 115 Å². The van der Waals surface area contributed by atoms with Crippen molar-refractivity contribution in [1.29, 1.82) is 0 Å². The van der Waals surface area contributed by atoms with Gasteiger partial charge in [-0.2, -0.15) is 0 Å². The van der Waals surface area contributed by atoms with Crippen molar-refractivity contribution in [3.8, 4) is 22.5 Å². The first-order valence-electron chi connectivity index (χ1n) is 10.3. The molecule has 0 saturated carbocycles. The number of pyridine rings is 1. The molecular weight excluding hydrogens is 458 g/mol. The van der Waals surface area contributed by atoms with Crippen molar-refractivity contribution in [2.75, 3.05) is 5.32 Å². The third-order valence-corrected chi connectivity index (χ3v) is 5.53. The highest BCUT2D eigenvalue weighted by molar-refractivity contribution is 6.31. The number of rotatable bonds is 6. The molecule has 0 radical (unpaired) electrons. The molecule has 2 aromatic heterocycles. The number of hydrogen-bond donors (Lipinski definition) is 2. The van der Waals surface area contributed by atoms with Gasteiger partial charge in [0.2, 0.25) is 0 Å². The maximum atomic E-state index is 12.6. The quantitative estimate of drug-likeness (QED) is 0.331. The molecule has 1 amide bonds. The second-order valence-electron chi connectivity index (χ2n) is 7.51. The van der Waals surface area contributed by atoms with E-state index in [1.165, 1.54) is 6.20 Å². The number of amides is 1. The second-order valence-corrected chi connectivity index (χ2v) is 7.92. The molecule has 9 heteroatoms. The van der Waals surface area contributed by atoms with Crippen molar-refractivity contribution in [3.05, 3.63) is 88.8 Å². The number of hydrogen-bond acceptors (Lipinski definition) is 6. The van der Waals surface area contributed by atoms with E-state index in [1.54, 1.807) is 68.6 Å². The highest BCUT2D eigenvalue weighted by Crippen LogP contribution is 2.33. The highest BCUT2D eigenvalue weighted by atomic mass is 35.5. The number of nitrogens with one attached hydrogen (secondary N) is 1. The monoisotopic (exact) mass is 477 g/mol. The van der Waals surface area contributed by atoms with Crippen molar-refractivity contribution in [2.24, 2.45) is 0 Å². The molecule has 4 rings (SSSR count). The van der Waals surface area contributed by atoms with Crippen LogP contribution in [0.4, 0.5) is 10.5 Å². The maximum absolute atomic E-state index is 12.6. The Bertz CT molecular complexity index is 1350. The molecule has 0 fully saturated rings. The molecule has 8 nitrogen and oxygen atoms in total. The maximum Gasteiger partial charge on any atom is 0.412 e. The molecule has 0 aliphatic carbocycles. The number of nitrogens with zero attached hydrogens (tertiary/aromatic N) is 2. The predicted octanol–water partition coefficient (Wildman–Crippen LogP) is 6.37. The van der Waals surface area contributed by atoms with Crippen molar-refractivity contribution < 1.29 is 24.0 Å². The molecule has 4 aromatic rings. The minimum atomic E-state index is -1.05. The molecule has 2 aromatic carbocycles. The summed E-state index contributed by atoms with van der Waals surface area (Å²) in [4.78, 5) is 27.8. The average Bonchev–Trinajstić information content (AvgIpc) is 3.19. The molecule has 172 valence electrons. The van der Waals surface area contributed by atoms with Gasteiger partial charge in [-0.25, -0.2) is 9.59 Å². The lowest BCUT2D eigenvalue weighted by atomic mass is 10.0. The second kappa shape index (κ2) is 9.76. The number of benzene rings is 2. The molecule has 0 saturated heterocycles. The van der Waals surface area contributed by atoms with Gasteiger partial charge in [-0.05, 0) is 31.5 Å². The Labute approximate surface area is 200 Å². The first-order valence-corrected chi connectivity index (χ1v) is 10.7. The number of ether oxygens (including phenoxy) is 1. The summed E-state index contributed by atoms with van der Waals surface area (Å²) < 4.78 is 10.9. The van der Waals surface area contributed by atoms with Crippen LogP contribution in [0.5, 0.6) is 0 Å². The fourth-order valence-electron chi connectivity index (χ4n) is 3.40. The standard InChI is InChI=1S/C25H20ClN3O5/c1-14-22(28-25(32)33-15(2)20-5-3-4-6-21(20)26)23(34-29-14)17-9-7-16(8-10-17)18-11-19(24(30)31)13-27-12-18/h3-13,15H,1-2H3,(H,28,32)(H,30,31). The average molecular weight is 478 g/mol. The number of carboxylic acids is 1. The summed E-state index contributed by atoms with van der Waals surface area (Å²) in [5, 5.41) is 16.4. The number of aromatic carboxylic acids is 1. The van der Waals surface area contributed by atoms with Gasteiger partial charge in [0.15, 0.2) is 5.76 Å². The van der Waals surface area contributed by atoms with Gasteiger partial charge in [0.05, 0.1) is 5.56 Å². The van der Waals surface area contributed by atoms with E-state index in [9.17, 15) is 14.7 Å². The van der Waals surface area contributed by atoms with E-state index < -0.39 is 18.2 Å². The minimum Gasteiger partial charge on any atom is -0.478 e. The van der Waals surface area contributed by atoms with Crippen LogP contribution in [-0.4, -0.2) is 27.3 Å². The van der Waals surface area contributed by atoms with Crippen LogP contribution in [0.2, 0.25) is 5.02 Å². The van der Waals surface area contributed by atoms with Crippen LogP contribution < -0.4 is 5.32 Å². The summed E-state index contributed by atoms with van der Waals surface area (Å²) in [6, 6.07) is 15.9. The molecule has 34 heavy (non-hydrogen) atoms. The number of anilines is 1. The van der Waals surface area contributed by atoms with Crippen LogP contribution in [0.1, 0.15) is 34.6 Å². The fourth-order valence-corrected chi connectivity index (χ4v) is 3.69. The molecule has 2 N–H and O–H groups in total. The van der Waals surface area contributed by atoms with Crippen molar-refractivity contribution in [2.45, 2.75) is 20.0 Å². The predicted molar refractivity (Wildman–Crippen MR) is 127 cm³/mol. The Hall–Kier alpha value is -4.17. The Balaban J connectivity index is 1.52. The smallest absolute Gasteiger partial charge is 0.412 e. The largest absolute Gasteiger partial charge is 0.478 e. The lowest BCUT2D eigenvalue weighted by molar-refractivity contribution is 0.0696. The Kier molecular flexibility index (Phi) is 6.60.